The highest BCUT2D eigenvalue weighted by atomic mass is 32.1. The molecule has 0 aliphatic heterocycles. The molecule has 7 nitrogen and oxygen atoms in total. The lowest BCUT2D eigenvalue weighted by Crippen LogP contribution is -2.41. The number of hydrogen-bond donors (Lipinski definition) is 4. The summed E-state index contributed by atoms with van der Waals surface area (Å²) in [5, 5.41) is 16.7. The fourth-order valence-corrected chi connectivity index (χ4v) is 4.57. The molecule has 4 N–H and O–H groups in total. The molecule has 2 heterocycles. The molecule has 0 aliphatic carbocycles. The molecule has 2 aromatic heterocycles. The number of aromatic nitrogens is 2. The zero-order valence-electron chi connectivity index (χ0n) is 20.0. The molecule has 4 aromatic rings. The van der Waals surface area contributed by atoms with Crippen LogP contribution in [-0.2, 0) is 12.1 Å². The van der Waals surface area contributed by atoms with Crippen LogP contribution < -0.4 is 16.0 Å². The second kappa shape index (κ2) is 9.97. The smallest absolute Gasteiger partial charge is 0.262 e. The van der Waals surface area contributed by atoms with Crippen molar-refractivity contribution in [2.24, 2.45) is 0 Å². The number of nitrogens with one attached hydrogen (secondary N) is 4. The normalized spacial score (nSPS) is 11.7. The van der Waals surface area contributed by atoms with Crippen molar-refractivity contribution in [2.45, 2.75) is 45.8 Å². The molecule has 0 bridgehead atoms. The first-order valence-corrected chi connectivity index (χ1v) is 12.1. The van der Waals surface area contributed by atoms with Crippen LogP contribution in [0.3, 0.4) is 0 Å². The minimum Gasteiger partial charge on any atom is -0.342 e. The van der Waals surface area contributed by atoms with Crippen molar-refractivity contribution in [2.75, 3.05) is 5.32 Å². The second-order valence-corrected chi connectivity index (χ2v) is 10.2. The molecule has 2 amide bonds. The summed E-state index contributed by atoms with van der Waals surface area (Å²) < 4.78 is 14.3. The molecule has 2 aromatic carbocycles. The fraction of sp³-hybridized carbons (Fsp3) is 0.269. The Morgan fingerprint density at radius 3 is 2.49 bits per heavy atom. The van der Waals surface area contributed by atoms with Crippen LogP contribution in [0.25, 0.3) is 10.2 Å². The lowest BCUT2D eigenvalue weighted by Gasteiger charge is -2.27. The SMILES string of the molecule is CC(C)NCc1ccc(C(=O)Nc2[nH]nc3sc(C(=O)NC(C)(C)c4ccccc4F)cc23)cc1. The molecule has 35 heavy (non-hydrogen) atoms. The largest absolute Gasteiger partial charge is 0.342 e. The number of anilines is 1. The van der Waals surface area contributed by atoms with Gasteiger partial charge in [0.1, 0.15) is 16.5 Å². The monoisotopic (exact) mass is 493 g/mol. The van der Waals surface area contributed by atoms with E-state index in [2.05, 4.69) is 40.0 Å². The van der Waals surface area contributed by atoms with E-state index in [1.54, 1.807) is 50.2 Å². The van der Waals surface area contributed by atoms with E-state index in [4.69, 9.17) is 0 Å². The number of hydrogen-bond acceptors (Lipinski definition) is 5. The van der Waals surface area contributed by atoms with Gasteiger partial charge in [-0.15, -0.1) is 11.3 Å². The molecule has 0 fully saturated rings. The highest BCUT2D eigenvalue weighted by molar-refractivity contribution is 7.20. The summed E-state index contributed by atoms with van der Waals surface area (Å²) in [6.45, 7) is 8.39. The number of carbonyl (C=O) groups excluding carboxylic acids is 2. The van der Waals surface area contributed by atoms with Crippen LogP contribution >= 0.6 is 11.3 Å². The van der Waals surface area contributed by atoms with Gasteiger partial charge in [-0.3, -0.25) is 14.7 Å². The van der Waals surface area contributed by atoms with Crippen molar-refractivity contribution < 1.29 is 14.0 Å². The zero-order chi connectivity index (χ0) is 25.2. The molecule has 9 heteroatoms. The fourth-order valence-electron chi connectivity index (χ4n) is 3.68. The van der Waals surface area contributed by atoms with Crippen LogP contribution in [0, 0.1) is 5.82 Å². The van der Waals surface area contributed by atoms with Gasteiger partial charge in [-0.2, -0.15) is 5.10 Å². The van der Waals surface area contributed by atoms with E-state index in [1.165, 1.54) is 17.4 Å². The minimum atomic E-state index is -0.913. The maximum Gasteiger partial charge on any atom is 0.262 e. The average molecular weight is 494 g/mol. The number of amides is 2. The summed E-state index contributed by atoms with van der Waals surface area (Å²) in [4.78, 5) is 26.7. The highest BCUT2D eigenvalue weighted by Gasteiger charge is 2.27. The molecule has 0 saturated carbocycles. The maximum absolute atomic E-state index is 14.3. The molecule has 0 unspecified atom stereocenters. The third-order valence-corrected chi connectivity index (χ3v) is 6.64. The summed E-state index contributed by atoms with van der Waals surface area (Å²) in [6.07, 6.45) is 0. The van der Waals surface area contributed by atoms with Crippen LogP contribution in [0.5, 0.6) is 0 Å². The van der Waals surface area contributed by atoms with Gasteiger partial charge in [0.25, 0.3) is 11.8 Å². The number of nitrogens with zero attached hydrogens (tertiary/aromatic N) is 1. The minimum absolute atomic E-state index is 0.281. The van der Waals surface area contributed by atoms with E-state index in [1.807, 2.05) is 12.1 Å². The Bertz CT molecular complexity index is 1360. The molecule has 0 atom stereocenters. The van der Waals surface area contributed by atoms with Crippen molar-refractivity contribution in [3.8, 4) is 0 Å². The topological polar surface area (TPSA) is 98.9 Å². The van der Waals surface area contributed by atoms with Gasteiger partial charge in [0.2, 0.25) is 0 Å². The number of carbonyl (C=O) groups is 2. The highest BCUT2D eigenvalue weighted by Crippen LogP contribution is 2.31. The first-order chi connectivity index (χ1) is 16.6. The molecule has 4 rings (SSSR count). The molecular weight excluding hydrogens is 465 g/mol. The number of H-pyrrole nitrogens is 1. The number of benzene rings is 2. The summed E-state index contributed by atoms with van der Waals surface area (Å²) in [5.74, 6) is -0.589. The van der Waals surface area contributed by atoms with E-state index in [0.717, 1.165) is 12.1 Å². The number of fused-ring (bicyclic) bond motifs is 1. The van der Waals surface area contributed by atoms with Gasteiger partial charge in [-0.05, 0) is 43.7 Å². The summed E-state index contributed by atoms with van der Waals surface area (Å²) in [5.41, 5.74) is 1.09. The Labute approximate surface area is 207 Å². The van der Waals surface area contributed by atoms with Crippen molar-refractivity contribution in [3.63, 3.8) is 0 Å². The van der Waals surface area contributed by atoms with E-state index < -0.39 is 5.54 Å². The third-order valence-electron chi connectivity index (χ3n) is 5.62. The molecule has 182 valence electrons. The molecule has 0 radical (unpaired) electrons. The van der Waals surface area contributed by atoms with Gasteiger partial charge < -0.3 is 16.0 Å². The standard InChI is InChI=1S/C26H28FN5O2S/c1-15(2)28-14-16-9-11-17(12-10-16)23(33)29-22-18-13-21(35-25(18)32-31-22)24(34)30-26(3,4)19-7-5-6-8-20(19)27/h5-13,15,28H,14H2,1-4H3,(H,30,34)(H2,29,31,32,33). The Hall–Kier alpha value is -3.56. The summed E-state index contributed by atoms with van der Waals surface area (Å²) in [6, 6.07) is 15.8. The number of rotatable bonds is 8. The number of thiophene rings is 1. The molecule has 0 saturated heterocycles. The van der Waals surface area contributed by atoms with Crippen molar-refractivity contribution in [1.82, 2.24) is 20.8 Å². The van der Waals surface area contributed by atoms with Crippen LogP contribution in [0.2, 0.25) is 0 Å². The van der Waals surface area contributed by atoms with Crippen molar-refractivity contribution in [3.05, 3.63) is 82.0 Å². The van der Waals surface area contributed by atoms with Crippen LogP contribution in [0.4, 0.5) is 10.2 Å². The van der Waals surface area contributed by atoms with Crippen LogP contribution in [-0.4, -0.2) is 28.1 Å². The Balaban J connectivity index is 1.46. The lowest BCUT2D eigenvalue weighted by molar-refractivity contribution is 0.0914. The molecule has 0 spiro atoms. The summed E-state index contributed by atoms with van der Waals surface area (Å²) in [7, 11) is 0. The van der Waals surface area contributed by atoms with Crippen LogP contribution in [0.15, 0.2) is 54.6 Å². The molecule has 0 aliphatic rings. The van der Waals surface area contributed by atoms with Gasteiger partial charge in [-0.25, -0.2) is 4.39 Å². The summed E-state index contributed by atoms with van der Waals surface area (Å²) >= 11 is 1.19. The van der Waals surface area contributed by atoms with Gasteiger partial charge in [0, 0.05) is 23.7 Å². The second-order valence-electron chi connectivity index (χ2n) is 9.17. The lowest BCUT2D eigenvalue weighted by atomic mass is 9.93. The Kier molecular flexibility index (Phi) is 7.00. The van der Waals surface area contributed by atoms with Crippen LogP contribution in [0.1, 0.15) is 58.9 Å². The van der Waals surface area contributed by atoms with Gasteiger partial charge >= 0.3 is 0 Å². The van der Waals surface area contributed by atoms with E-state index in [9.17, 15) is 14.0 Å². The van der Waals surface area contributed by atoms with Crippen molar-refractivity contribution in [1.29, 1.82) is 0 Å². The van der Waals surface area contributed by atoms with Gasteiger partial charge in [0.15, 0.2) is 0 Å². The van der Waals surface area contributed by atoms with E-state index in [0.29, 0.717) is 38.1 Å². The first-order valence-electron chi connectivity index (χ1n) is 11.3. The Morgan fingerprint density at radius 2 is 1.80 bits per heavy atom. The average Bonchev–Trinajstić information content (AvgIpc) is 3.40. The third kappa shape index (κ3) is 5.58. The predicted molar refractivity (Wildman–Crippen MR) is 137 cm³/mol. The number of aromatic amines is 1. The van der Waals surface area contributed by atoms with Gasteiger partial charge in [0.05, 0.1) is 15.8 Å². The first kappa shape index (κ1) is 24.6. The maximum atomic E-state index is 14.3. The zero-order valence-corrected chi connectivity index (χ0v) is 20.8. The van der Waals surface area contributed by atoms with Crippen molar-refractivity contribution >= 4 is 39.2 Å². The Morgan fingerprint density at radius 1 is 1.09 bits per heavy atom. The van der Waals surface area contributed by atoms with E-state index in [-0.39, 0.29) is 17.6 Å². The quantitative estimate of drug-likeness (QED) is 0.272. The predicted octanol–water partition coefficient (Wildman–Crippen LogP) is 5.18. The van der Waals surface area contributed by atoms with Gasteiger partial charge in [-0.1, -0.05) is 44.2 Å². The number of halogens is 1. The van der Waals surface area contributed by atoms with E-state index >= 15 is 0 Å². The molecular formula is C26H28FN5O2S.